The lowest BCUT2D eigenvalue weighted by atomic mass is 10.0. The molecule has 4 rings (SSSR count). The number of ether oxygens (including phenoxy) is 4. The Kier molecular flexibility index (Phi) is 4.98. The molecule has 1 aliphatic heterocycles. The first-order valence-electron chi connectivity index (χ1n) is 8.49. The highest BCUT2D eigenvalue weighted by molar-refractivity contribution is 9.10. The summed E-state index contributed by atoms with van der Waals surface area (Å²) in [5.41, 5.74) is 1.31. The summed E-state index contributed by atoms with van der Waals surface area (Å²) in [4.78, 5) is 25.3. The molecule has 2 aromatic carbocycles. The van der Waals surface area contributed by atoms with Gasteiger partial charge >= 0.3 is 11.9 Å². The van der Waals surface area contributed by atoms with E-state index < -0.39 is 11.9 Å². The predicted octanol–water partition coefficient (Wildman–Crippen LogP) is 3.60. The van der Waals surface area contributed by atoms with Gasteiger partial charge in [-0.25, -0.2) is 14.3 Å². The minimum absolute atomic E-state index is 0.0113. The monoisotopic (exact) mass is 458 g/mol. The molecule has 0 unspecified atom stereocenters. The molecule has 0 radical (unpaired) electrons. The normalized spacial score (nSPS) is 12.0. The number of carbonyl (C=O) groups is 2. The lowest BCUT2D eigenvalue weighted by molar-refractivity contribution is 0.0549. The quantitative estimate of drug-likeness (QED) is 0.551. The number of para-hydroxylation sites is 1. The van der Waals surface area contributed by atoms with Gasteiger partial charge in [0.1, 0.15) is 11.3 Å². The van der Waals surface area contributed by atoms with Crippen LogP contribution in [0.15, 0.2) is 46.9 Å². The standard InChI is InChI=1S/C20H15BrN2O6/c1-26-19(24)16-17(12-8-14-15(9-13(12)21)29-10-28-14)22-23(18(16)20(25)27-2)11-6-4-3-5-7-11/h3-9H,10H2,1-2H3. The molecule has 1 aromatic heterocycles. The first-order valence-corrected chi connectivity index (χ1v) is 9.29. The SMILES string of the molecule is COC(=O)c1c(-c2cc3c(cc2Br)OCO3)nn(-c2ccccc2)c1C(=O)OC. The van der Waals surface area contributed by atoms with Gasteiger partial charge in [-0.1, -0.05) is 18.2 Å². The highest BCUT2D eigenvalue weighted by atomic mass is 79.9. The van der Waals surface area contributed by atoms with Crippen LogP contribution in [0.5, 0.6) is 11.5 Å². The van der Waals surface area contributed by atoms with Gasteiger partial charge in [0.25, 0.3) is 0 Å². The smallest absolute Gasteiger partial charge is 0.357 e. The third-order valence-electron chi connectivity index (χ3n) is 4.37. The highest BCUT2D eigenvalue weighted by Gasteiger charge is 2.32. The fraction of sp³-hybridized carbons (Fsp3) is 0.150. The zero-order valence-corrected chi connectivity index (χ0v) is 17.1. The van der Waals surface area contributed by atoms with Crippen LogP contribution in [0.4, 0.5) is 0 Å². The first kappa shape index (κ1) is 19.0. The molecule has 0 saturated heterocycles. The predicted molar refractivity (Wildman–Crippen MR) is 106 cm³/mol. The van der Waals surface area contributed by atoms with E-state index in [0.717, 1.165) is 0 Å². The Morgan fingerprint density at radius 3 is 2.34 bits per heavy atom. The number of carbonyl (C=O) groups excluding carboxylic acids is 2. The van der Waals surface area contributed by atoms with E-state index in [1.54, 1.807) is 36.4 Å². The van der Waals surface area contributed by atoms with Crippen molar-refractivity contribution in [1.82, 2.24) is 9.78 Å². The Morgan fingerprint density at radius 1 is 1.03 bits per heavy atom. The minimum Gasteiger partial charge on any atom is -0.465 e. The van der Waals surface area contributed by atoms with Crippen molar-refractivity contribution < 1.29 is 28.5 Å². The van der Waals surface area contributed by atoms with E-state index in [-0.39, 0.29) is 23.7 Å². The molecule has 0 spiro atoms. The topological polar surface area (TPSA) is 88.9 Å². The number of halogens is 1. The van der Waals surface area contributed by atoms with Gasteiger partial charge in [-0.15, -0.1) is 0 Å². The Labute approximate surface area is 174 Å². The van der Waals surface area contributed by atoms with Gasteiger partial charge in [-0.3, -0.25) is 0 Å². The Bertz CT molecular complexity index is 1110. The molecule has 3 aromatic rings. The maximum Gasteiger partial charge on any atom is 0.357 e. The molecular weight excluding hydrogens is 444 g/mol. The zero-order chi connectivity index (χ0) is 20.5. The number of fused-ring (bicyclic) bond motifs is 1. The molecule has 148 valence electrons. The zero-order valence-electron chi connectivity index (χ0n) is 15.5. The summed E-state index contributed by atoms with van der Waals surface area (Å²) in [5, 5.41) is 4.56. The number of nitrogens with zero attached hydrogens (tertiary/aromatic N) is 2. The summed E-state index contributed by atoms with van der Waals surface area (Å²) in [6.45, 7) is 0.0982. The van der Waals surface area contributed by atoms with E-state index in [4.69, 9.17) is 18.9 Å². The van der Waals surface area contributed by atoms with E-state index in [2.05, 4.69) is 21.0 Å². The van der Waals surface area contributed by atoms with E-state index in [1.807, 2.05) is 6.07 Å². The number of hydrogen-bond donors (Lipinski definition) is 0. The number of methoxy groups -OCH3 is 2. The van der Waals surface area contributed by atoms with Crippen molar-refractivity contribution in [2.24, 2.45) is 0 Å². The van der Waals surface area contributed by atoms with Crippen molar-refractivity contribution in [2.75, 3.05) is 21.0 Å². The molecule has 1 aliphatic rings. The molecule has 8 nitrogen and oxygen atoms in total. The van der Waals surface area contributed by atoms with Crippen molar-refractivity contribution in [3.63, 3.8) is 0 Å². The summed E-state index contributed by atoms with van der Waals surface area (Å²) in [6.07, 6.45) is 0. The maximum atomic E-state index is 12.7. The molecule has 0 saturated carbocycles. The van der Waals surface area contributed by atoms with Gasteiger partial charge in [-0.05, 0) is 40.2 Å². The van der Waals surface area contributed by atoms with E-state index in [9.17, 15) is 9.59 Å². The second-order valence-corrected chi connectivity index (χ2v) is 6.84. The number of aromatic nitrogens is 2. The summed E-state index contributed by atoms with van der Waals surface area (Å²) >= 11 is 3.48. The molecule has 0 bridgehead atoms. The van der Waals surface area contributed by atoms with Crippen LogP contribution in [0, 0.1) is 0 Å². The van der Waals surface area contributed by atoms with Crippen molar-refractivity contribution in [3.05, 3.63) is 58.2 Å². The first-order chi connectivity index (χ1) is 14.0. The van der Waals surface area contributed by atoms with Crippen LogP contribution in [0.3, 0.4) is 0 Å². The van der Waals surface area contributed by atoms with Gasteiger partial charge in [-0.2, -0.15) is 5.10 Å². The van der Waals surface area contributed by atoms with Crippen LogP contribution in [-0.2, 0) is 9.47 Å². The average molecular weight is 459 g/mol. The number of esters is 2. The van der Waals surface area contributed by atoms with Crippen molar-refractivity contribution >= 4 is 27.9 Å². The second-order valence-electron chi connectivity index (χ2n) is 5.99. The third-order valence-corrected chi connectivity index (χ3v) is 5.03. The van der Waals surface area contributed by atoms with Crippen LogP contribution in [0.1, 0.15) is 20.8 Å². The fourth-order valence-electron chi connectivity index (χ4n) is 3.04. The van der Waals surface area contributed by atoms with Gasteiger partial charge in [0.2, 0.25) is 6.79 Å². The molecular formula is C20H15BrN2O6. The molecule has 0 atom stereocenters. The number of benzene rings is 2. The van der Waals surface area contributed by atoms with E-state index >= 15 is 0 Å². The molecule has 9 heteroatoms. The van der Waals surface area contributed by atoms with Crippen LogP contribution in [0.2, 0.25) is 0 Å². The van der Waals surface area contributed by atoms with Gasteiger partial charge in [0, 0.05) is 10.0 Å². The van der Waals surface area contributed by atoms with Crippen LogP contribution < -0.4 is 9.47 Å². The van der Waals surface area contributed by atoms with E-state index in [0.29, 0.717) is 27.2 Å². The van der Waals surface area contributed by atoms with Crippen LogP contribution in [0.25, 0.3) is 16.9 Å². The van der Waals surface area contributed by atoms with E-state index in [1.165, 1.54) is 18.9 Å². The number of hydrogen-bond acceptors (Lipinski definition) is 7. The summed E-state index contributed by atoms with van der Waals surface area (Å²) in [6, 6.07) is 12.4. The van der Waals surface area contributed by atoms with Gasteiger partial charge < -0.3 is 18.9 Å². The molecule has 2 heterocycles. The Hall–Kier alpha value is -3.33. The lowest BCUT2D eigenvalue weighted by Crippen LogP contribution is -2.15. The maximum absolute atomic E-state index is 12.7. The van der Waals surface area contributed by atoms with Gasteiger partial charge in [0.05, 0.1) is 19.9 Å². The van der Waals surface area contributed by atoms with Crippen LogP contribution in [-0.4, -0.2) is 42.7 Å². The van der Waals surface area contributed by atoms with Gasteiger partial charge in [0.15, 0.2) is 17.2 Å². The molecule has 0 amide bonds. The average Bonchev–Trinajstić information content (AvgIpc) is 3.36. The summed E-state index contributed by atoms with van der Waals surface area (Å²) < 4.78 is 22.7. The largest absolute Gasteiger partial charge is 0.465 e. The second kappa shape index (κ2) is 7.59. The van der Waals surface area contributed by atoms with Crippen molar-refractivity contribution in [1.29, 1.82) is 0 Å². The summed E-state index contributed by atoms with van der Waals surface area (Å²) in [7, 11) is 2.48. The lowest BCUT2D eigenvalue weighted by Gasteiger charge is -2.07. The Balaban J connectivity index is 2.03. The fourth-order valence-corrected chi connectivity index (χ4v) is 3.55. The molecule has 0 N–H and O–H groups in total. The van der Waals surface area contributed by atoms with Crippen LogP contribution >= 0.6 is 15.9 Å². The summed E-state index contributed by atoms with van der Waals surface area (Å²) in [5.74, 6) is -0.360. The molecule has 29 heavy (non-hydrogen) atoms. The molecule has 0 fully saturated rings. The minimum atomic E-state index is -0.718. The Morgan fingerprint density at radius 2 is 1.69 bits per heavy atom. The molecule has 0 aliphatic carbocycles. The highest BCUT2D eigenvalue weighted by Crippen LogP contribution is 2.42. The van der Waals surface area contributed by atoms with Crippen molar-refractivity contribution in [2.45, 2.75) is 0 Å². The number of rotatable bonds is 4. The van der Waals surface area contributed by atoms with Crippen molar-refractivity contribution in [3.8, 4) is 28.4 Å². The third kappa shape index (κ3) is 3.23.